The van der Waals surface area contributed by atoms with Crippen molar-refractivity contribution >= 4 is 40.5 Å². The molecule has 3 heterocycles. The van der Waals surface area contributed by atoms with Crippen LogP contribution in [0.1, 0.15) is 12.7 Å². The van der Waals surface area contributed by atoms with Crippen LogP contribution in [0, 0.1) is 0 Å². The van der Waals surface area contributed by atoms with E-state index in [0.717, 1.165) is 24.7 Å². The normalized spacial score (nSPS) is 20.0. The van der Waals surface area contributed by atoms with Gasteiger partial charge < -0.3 is 18.8 Å². The summed E-state index contributed by atoms with van der Waals surface area (Å²) in [5.41, 5.74) is 0.808. The number of amides is 1. The summed E-state index contributed by atoms with van der Waals surface area (Å²) in [6.07, 6.45) is 1.79. The van der Waals surface area contributed by atoms with Gasteiger partial charge in [-0.25, -0.2) is 4.99 Å². The zero-order valence-corrected chi connectivity index (χ0v) is 17.8. The van der Waals surface area contributed by atoms with Crippen molar-refractivity contribution in [3.63, 3.8) is 0 Å². The number of carbonyl (C=O) groups is 1. The van der Waals surface area contributed by atoms with Crippen LogP contribution in [0.2, 0.25) is 0 Å². The Morgan fingerprint density at radius 1 is 1.17 bits per heavy atom. The van der Waals surface area contributed by atoms with Gasteiger partial charge in [0.25, 0.3) is 5.91 Å². The molecule has 1 amide bonds. The van der Waals surface area contributed by atoms with Crippen LogP contribution in [0.25, 0.3) is 6.08 Å². The smallest absolute Gasteiger partial charge is 0.266 e. The van der Waals surface area contributed by atoms with E-state index >= 15 is 0 Å². The number of hydrogen-bond acceptors (Lipinski definition) is 7. The second-order valence-corrected chi connectivity index (χ2v) is 7.78. The first-order chi connectivity index (χ1) is 14.7. The number of ether oxygens (including phenoxy) is 2. The highest BCUT2D eigenvalue weighted by molar-refractivity contribution is 8.18. The van der Waals surface area contributed by atoms with Crippen LogP contribution in [0.4, 0.5) is 11.6 Å². The van der Waals surface area contributed by atoms with E-state index in [0.29, 0.717) is 48.8 Å². The largest absolute Gasteiger partial charge is 0.441 e. The number of anilines is 1. The minimum absolute atomic E-state index is 0.0845. The van der Waals surface area contributed by atoms with E-state index < -0.39 is 0 Å². The van der Waals surface area contributed by atoms with E-state index in [1.807, 2.05) is 49.4 Å². The monoisotopic (exact) mass is 427 g/mol. The number of hydrogen-bond donors (Lipinski definition) is 0. The van der Waals surface area contributed by atoms with Crippen molar-refractivity contribution in [3.05, 3.63) is 53.1 Å². The first-order valence-electron chi connectivity index (χ1n) is 10.1. The van der Waals surface area contributed by atoms with Crippen LogP contribution in [0.3, 0.4) is 0 Å². The van der Waals surface area contributed by atoms with Gasteiger partial charge in [-0.1, -0.05) is 18.2 Å². The fraction of sp³-hybridized carbons (Fsp3) is 0.364. The number of rotatable bonds is 7. The molecule has 0 saturated carbocycles. The van der Waals surface area contributed by atoms with Crippen LogP contribution in [-0.4, -0.2) is 62.0 Å². The fourth-order valence-electron chi connectivity index (χ4n) is 3.20. The Morgan fingerprint density at radius 2 is 1.97 bits per heavy atom. The van der Waals surface area contributed by atoms with Crippen molar-refractivity contribution < 1.29 is 18.7 Å². The van der Waals surface area contributed by atoms with Gasteiger partial charge in [-0.2, -0.15) is 0 Å². The average Bonchev–Trinajstić information content (AvgIpc) is 3.36. The third-order valence-corrected chi connectivity index (χ3v) is 5.75. The number of amidine groups is 1. The minimum Gasteiger partial charge on any atom is -0.441 e. The van der Waals surface area contributed by atoms with Gasteiger partial charge in [0.1, 0.15) is 5.76 Å². The van der Waals surface area contributed by atoms with E-state index in [1.54, 1.807) is 11.0 Å². The van der Waals surface area contributed by atoms with Crippen molar-refractivity contribution in [2.45, 2.75) is 6.92 Å². The maximum atomic E-state index is 13.0. The summed E-state index contributed by atoms with van der Waals surface area (Å²) >= 11 is 1.36. The van der Waals surface area contributed by atoms with Crippen LogP contribution in [-0.2, 0) is 14.3 Å². The summed E-state index contributed by atoms with van der Waals surface area (Å²) in [5.74, 6) is 1.36. The topological polar surface area (TPSA) is 67.5 Å². The van der Waals surface area contributed by atoms with Crippen LogP contribution >= 0.6 is 11.8 Å². The minimum atomic E-state index is -0.0845. The van der Waals surface area contributed by atoms with Gasteiger partial charge in [0, 0.05) is 31.8 Å². The molecule has 0 aliphatic carbocycles. The molecule has 30 heavy (non-hydrogen) atoms. The van der Waals surface area contributed by atoms with Crippen molar-refractivity contribution in [3.8, 4) is 0 Å². The van der Waals surface area contributed by atoms with Crippen LogP contribution < -0.4 is 4.90 Å². The van der Waals surface area contributed by atoms with E-state index in [1.165, 1.54) is 11.8 Å². The number of carbonyl (C=O) groups excluding carboxylic acids is 1. The molecule has 2 aliphatic heterocycles. The number of benzene rings is 1. The maximum absolute atomic E-state index is 13.0. The summed E-state index contributed by atoms with van der Waals surface area (Å²) in [4.78, 5) is 22.1. The first kappa shape index (κ1) is 20.7. The fourth-order valence-corrected chi connectivity index (χ4v) is 4.21. The molecule has 2 saturated heterocycles. The van der Waals surface area contributed by atoms with E-state index in [-0.39, 0.29) is 5.91 Å². The molecule has 0 radical (unpaired) electrons. The highest BCUT2D eigenvalue weighted by Crippen LogP contribution is 2.34. The first-order valence-corrected chi connectivity index (χ1v) is 10.9. The van der Waals surface area contributed by atoms with Crippen LogP contribution in [0.15, 0.2) is 56.8 Å². The number of thioether (sulfide) groups is 1. The number of morpholine rings is 1. The number of nitrogens with zero attached hydrogens (tertiary/aromatic N) is 3. The van der Waals surface area contributed by atoms with E-state index in [4.69, 9.17) is 13.9 Å². The molecule has 0 spiro atoms. The van der Waals surface area contributed by atoms with Gasteiger partial charge in [-0.3, -0.25) is 9.69 Å². The molecular weight excluding hydrogens is 402 g/mol. The third-order valence-electron chi connectivity index (χ3n) is 4.74. The summed E-state index contributed by atoms with van der Waals surface area (Å²) in [5, 5.41) is 0.650. The zero-order chi connectivity index (χ0) is 20.8. The summed E-state index contributed by atoms with van der Waals surface area (Å²) in [7, 11) is 0. The molecular formula is C22H25N3O4S. The molecule has 0 unspecified atom stereocenters. The number of para-hydroxylation sites is 1. The van der Waals surface area contributed by atoms with Crippen molar-refractivity contribution in [2.24, 2.45) is 4.99 Å². The molecule has 2 fully saturated rings. The molecule has 0 bridgehead atoms. The van der Waals surface area contributed by atoms with Crippen LogP contribution in [0.5, 0.6) is 0 Å². The van der Waals surface area contributed by atoms with E-state index in [2.05, 4.69) is 9.89 Å². The SMILES string of the molecule is CCOCCN1C(=O)/C(=C/c2ccc(N3CCOCC3)o2)SC1=Nc1ccccc1. The van der Waals surface area contributed by atoms with Gasteiger partial charge in [-0.05, 0) is 36.9 Å². The Morgan fingerprint density at radius 3 is 2.73 bits per heavy atom. The van der Waals surface area contributed by atoms with Gasteiger partial charge in [0.2, 0.25) is 0 Å². The van der Waals surface area contributed by atoms with Crippen molar-refractivity contribution in [2.75, 3.05) is 51.0 Å². The molecule has 4 rings (SSSR count). The maximum Gasteiger partial charge on any atom is 0.266 e. The summed E-state index contributed by atoms with van der Waals surface area (Å²) in [6.45, 7) is 6.46. The molecule has 0 atom stereocenters. The second-order valence-electron chi connectivity index (χ2n) is 6.77. The van der Waals surface area contributed by atoms with Gasteiger partial charge in [0.15, 0.2) is 11.1 Å². The molecule has 1 aromatic carbocycles. The Bertz CT molecular complexity index is 919. The summed E-state index contributed by atoms with van der Waals surface area (Å²) in [6, 6.07) is 13.5. The Kier molecular flexibility index (Phi) is 6.88. The molecule has 2 aromatic rings. The second kappa shape index (κ2) is 9.97. The lowest BCUT2D eigenvalue weighted by Gasteiger charge is -2.26. The Balaban J connectivity index is 1.55. The Hall–Kier alpha value is -2.55. The lowest BCUT2D eigenvalue weighted by molar-refractivity contribution is -0.122. The van der Waals surface area contributed by atoms with Crippen molar-refractivity contribution in [1.82, 2.24) is 4.90 Å². The number of aliphatic imine (C=N–C) groups is 1. The van der Waals surface area contributed by atoms with Gasteiger partial charge in [-0.15, -0.1) is 0 Å². The molecule has 158 valence electrons. The lowest BCUT2D eigenvalue weighted by Crippen LogP contribution is -2.35. The predicted molar refractivity (Wildman–Crippen MR) is 119 cm³/mol. The standard InChI is InChI=1S/C22H25N3O4S/c1-2-27-15-12-25-21(26)19(30-22(25)23-17-6-4-3-5-7-17)16-18-8-9-20(29-18)24-10-13-28-14-11-24/h3-9,16H,2,10-15H2,1H3/b19-16-,23-22?. The highest BCUT2D eigenvalue weighted by Gasteiger charge is 2.33. The summed E-state index contributed by atoms with van der Waals surface area (Å²) < 4.78 is 16.8. The van der Waals surface area contributed by atoms with E-state index in [9.17, 15) is 4.79 Å². The zero-order valence-electron chi connectivity index (χ0n) is 17.0. The molecule has 2 aliphatic rings. The lowest BCUT2D eigenvalue weighted by atomic mass is 10.3. The van der Waals surface area contributed by atoms with Gasteiger partial charge in [0.05, 0.1) is 37.0 Å². The van der Waals surface area contributed by atoms with Crippen molar-refractivity contribution in [1.29, 1.82) is 0 Å². The Labute approximate surface area is 180 Å². The molecule has 1 aromatic heterocycles. The highest BCUT2D eigenvalue weighted by atomic mass is 32.2. The predicted octanol–water partition coefficient (Wildman–Crippen LogP) is 3.76. The quantitative estimate of drug-likeness (QED) is 0.495. The third kappa shape index (κ3) is 4.95. The molecule has 8 heteroatoms. The van der Waals surface area contributed by atoms with Gasteiger partial charge >= 0.3 is 0 Å². The average molecular weight is 428 g/mol. The molecule has 0 N–H and O–H groups in total. The molecule has 7 nitrogen and oxygen atoms in total. The number of furan rings is 1.